The molecule has 2 aromatic carbocycles. The largest absolute Gasteiger partial charge is 0.449 e. The van der Waals surface area contributed by atoms with E-state index in [0.717, 1.165) is 10.9 Å². The van der Waals surface area contributed by atoms with Crippen molar-refractivity contribution in [2.45, 2.75) is 17.9 Å². The molecule has 4 rings (SSSR count). The van der Waals surface area contributed by atoms with E-state index in [1.807, 2.05) is 11.4 Å². The number of sulfonamides is 1. The normalized spacial score (nSPS) is 12.3. The zero-order valence-electron chi connectivity index (χ0n) is 16.9. The van der Waals surface area contributed by atoms with Crippen molar-refractivity contribution >= 4 is 33.0 Å². The maximum atomic E-state index is 14.0. The number of hydrogen-bond donors (Lipinski definition) is 1. The second kappa shape index (κ2) is 9.08. The molecule has 0 fully saturated rings. The highest BCUT2D eigenvalue weighted by molar-refractivity contribution is 7.92. The van der Waals surface area contributed by atoms with Gasteiger partial charge in [0.2, 0.25) is 0 Å². The fraction of sp³-hybridized carbons (Fsp3) is 0.0952. The Hall–Kier alpha value is -3.64. The van der Waals surface area contributed by atoms with Crippen LogP contribution in [0.25, 0.3) is 10.8 Å². The molecule has 8 nitrogen and oxygen atoms in total. The molecule has 0 aliphatic rings. The standard InChI is InChI=1S/C21H15F2N3O5S2/c1-12(19-24-25-20(31-19)17-7-4-10-32-17)30-21(27)14-5-2-3-6-16(14)26-33(28,29)18-11-13(22)8-9-15(18)23/h2-12,26H,1H3/t12-/m0/s1. The molecule has 0 amide bonds. The zero-order valence-corrected chi connectivity index (χ0v) is 18.5. The van der Waals surface area contributed by atoms with E-state index in [1.165, 1.54) is 42.5 Å². The first-order chi connectivity index (χ1) is 15.7. The third kappa shape index (κ3) is 4.91. The van der Waals surface area contributed by atoms with Gasteiger partial charge in [0.05, 0.1) is 16.1 Å². The Balaban J connectivity index is 1.54. The fourth-order valence-electron chi connectivity index (χ4n) is 2.81. The van der Waals surface area contributed by atoms with Crippen LogP contribution in [-0.4, -0.2) is 24.6 Å². The van der Waals surface area contributed by atoms with Crippen LogP contribution in [0.5, 0.6) is 0 Å². The summed E-state index contributed by atoms with van der Waals surface area (Å²) < 4.78 is 65.7. The molecule has 2 heterocycles. The van der Waals surface area contributed by atoms with Gasteiger partial charge in [0.15, 0.2) is 6.10 Å². The molecule has 33 heavy (non-hydrogen) atoms. The van der Waals surface area contributed by atoms with Gasteiger partial charge in [-0.15, -0.1) is 21.5 Å². The number of anilines is 1. The van der Waals surface area contributed by atoms with E-state index in [-0.39, 0.29) is 23.0 Å². The van der Waals surface area contributed by atoms with Crippen LogP contribution in [0.2, 0.25) is 0 Å². The van der Waals surface area contributed by atoms with E-state index in [0.29, 0.717) is 12.1 Å². The van der Waals surface area contributed by atoms with Crippen LogP contribution < -0.4 is 4.72 Å². The number of aromatic nitrogens is 2. The molecule has 0 radical (unpaired) electrons. The highest BCUT2D eigenvalue weighted by Crippen LogP contribution is 2.28. The highest BCUT2D eigenvalue weighted by Gasteiger charge is 2.25. The SMILES string of the molecule is C[C@H](OC(=O)c1ccccc1NS(=O)(=O)c1cc(F)ccc1F)c1nnc(-c2cccs2)o1. The average Bonchev–Trinajstić information content (AvgIpc) is 3.47. The van der Waals surface area contributed by atoms with Gasteiger partial charge >= 0.3 is 5.97 Å². The van der Waals surface area contributed by atoms with Crippen molar-refractivity contribution in [3.8, 4) is 10.8 Å². The van der Waals surface area contributed by atoms with Crippen LogP contribution >= 0.6 is 11.3 Å². The molecule has 12 heteroatoms. The molecule has 0 unspecified atom stereocenters. The van der Waals surface area contributed by atoms with E-state index in [4.69, 9.17) is 9.15 Å². The molecular weight excluding hydrogens is 476 g/mol. The molecule has 4 aromatic rings. The lowest BCUT2D eigenvalue weighted by Crippen LogP contribution is -2.18. The van der Waals surface area contributed by atoms with Crippen molar-refractivity contribution in [2.75, 3.05) is 4.72 Å². The number of carbonyl (C=O) groups is 1. The first kappa shape index (κ1) is 22.6. The Morgan fingerprint density at radius 3 is 2.67 bits per heavy atom. The minimum absolute atomic E-state index is 0.0478. The van der Waals surface area contributed by atoms with Gasteiger partial charge < -0.3 is 9.15 Å². The summed E-state index contributed by atoms with van der Waals surface area (Å²) in [5.41, 5.74) is -0.328. The Labute approximate surface area is 190 Å². The van der Waals surface area contributed by atoms with Crippen LogP contribution in [0.3, 0.4) is 0 Å². The number of halogens is 2. The average molecular weight is 491 g/mol. The first-order valence-corrected chi connectivity index (χ1v) is 11.8. The number of nitrogens with one attached hydrogen (secondary N) is 1. The molecular formula is C21H15F2N3O5S2. The monoisotopic (exact) mass is 491 g/mol. The van der Waals surface area contributed by atoms with Crippen molar-refractivity contribution < 1.29 is 31.1 Å². The summed E-state index contributed by atoms with van der Waals surface area (Å²) in [6, 6.07) is 11.2. The van der Waals surface area contributed by atoms with Crippen molar-refractivity contribution in [1.82, 2.24) is 10.2 Å². The second-order valence-electron chi connectivity index (χ2n) is 6.70. The summed E-state index contributed by atoms with van der Waals surface area (Å²) in [4.78, 5) is 12.6. The Morgan fingerprint density at radius 2 is 1.91 bits per heavy atom. The summed E-state index contributed by atoms with van der Waals surface area (Å²) in [6.45, 7) is 1.51. The number of nitrogens with zero attached hydrogens (tertiary/aromatic N) is 2. The molecule has 2 aromatic heterocycles. The number of carbonyl (C=O) groups excluding carboxylic acids is 1. The van der Waals surface area contributed by atoms with Gasteiger partial charge in [0.25, 0.3) is 21.8 Å². The predicted octanol–water partition coefficient (Wildman–Crippen LogP) is 4.80. The van der Waals surface area contributed by atoms with Crippen LogP contribution in [-0.2, 0) is 14.8 Å². The molecule has 1 atom stereocenters. The maximum absolute atomic E-state index is 14.0. The van der Waals surface area contributed by atoms with E-state index in [1.54, 1.807) is 6.07 Å². The quantitative estimate of drug-likeness (QED) is 0.370. The van der Waals surface area contributed by atoms with Gasteiger partial charge in [-0.3, -0.25) is 4.72 Å². The number of ether oxygens (including phenoxy) is 1. The van der Waals surface area contributed by atoms with Crippen LogP contribution in [0.4, 0.5) is 14.5 Å². The third-order valence-corrected chi connectivity index (χ3v) is 6.62. The Morgan fingerprint density at radius 1 is 1.12 bits per heavy atom. The number of hydrogen-bond acceptors (Lipinski definition) is 8. The summed E-state index contributed by atoms with van der Waals surface area (Å²) in [6.07, 6.45) is -0.941. The lowest BCUT2D eigenvalue weighted by atomic mass is 10.2. The van der Waals surface area contributed by atoms with Gasteiger partial charge in [-0.05, 0) is 48.7 Å². The third-order valence-electron chi connectivity index (χ3n) is 4.38. The van der Waals surface area contributed by atoms with E-state index in [9.17, 15) is 22.0 Å². The van der Waals surface area contributed by atoms with Gasteiger partial charge in [-0.2, -0.15) is 0 Å². The molecule has 0 spiro atoms. The fourth-order valence-corrected chi connectivity index (χ4v) is 4.62. The summed E-state index contributed by atoms with van der Waals surface area (Å²) >= 11 is 1.40. The highest BCUT2D eigenvalue weighted by atomic mass is 32.2. The molecule has 1 N–H and O–H groups in total. The molecule has 0 aliphatic heterocycles. The number of thiophene rings is 1. The number of rotatable bonds is 7. The number of esters is 1. The molecule has 0 aliphatic carbocycles. The van der Waals surface area contributed by atoms with Crippen molar-refractivity contribution in [3.63, 3.8) is 0 Å². The molecule has 0 saturated heterocycles. The second-order valence-corrected chi connectivity index (χ2v) is 9.29. The van der Waals surface area contributed by atoms with Gasteiger partial charge in [0.1, 0.15) is 16.5 Å². The number of benzene rings is 2. The van der Waals surface area contributed by atoms with E-state index < -0.39 is 38.6 Å². The first-order valence-electron chi connectivity index (χ1n) is 9.40. The van der Waals surface area contributed by atoms with Crippen LogP contribution in [0, 0.1) is 11.6 Å². The lowest BCUT2D eigenvalue weighted by molar-refractivity contribution is 0.0281. The lowest BCUT2D eigenvalue weighted by Gasteiger charge is -2.14. The minimum Gasteiger partial charge on any atom is -0.449 e. The van der Waals surface area contributed by atoms with Crippen molar-refractivity contribution in [2.24, 2.45) is 0 Å². The summed E-state index contributed by atoms with van der Waals surface area (Å²) in [5.74, 6) is -2.65. The Kier molecular flexibility index (Phi) is 6.20. The van der Waals surface area contributed by atoms with Gasteiger partial charge in [0, 0.05) is 0 Å². The topological polar surface area (TPSA) is 111 Å². The van der Waals surface area contributed by atoms with Crippen molar-refractivity contribution in [3.05, 3.63) is 83.1 Å². The predicted molar refractivity (Wildman–Crippen MR) is 115 cm³/mol. The van der Waals surface area contributed by atoms with E-state index in [2.05, 4.69) is 14.9 Å². The van der Waals surface area contributed by atoms with Crippen LogP contribution in [0.15, 0.2) is 69.3 Å². The minimum atomic E-state index is -4.54. The molecule has 170 valence electrons. The van der Waals surface area contributed by atoms with Gasteiger partial charge in [-0.25, -0.2) is 22.0 Å². The summed E-state index contributed by atoms with van der Waals surface area (Å²) in [7, 11) is -4.54. The molecule has 0 saturated carbocycles. The van der Waals surface area contributed by atoms with E-state index >= 15 is 0 Å². The zero-order chi connectivity index (χ0) is 23.6. The van der Waals surface area contributed by atoms with Gasteiger partial charge in [-0.1, -0.05) is 18.2 Å². The Bertz CT molecular complexity index is 1410. The van der Waals surface area contributed by atoms with Crippen LogP contribution in [0.1, 0.15) is 29.3 Å². The maximum Gasteiger partial charge on any atom is 0.341 e. The van der Waals surface area contributed by atoms with Crippen molar-refractivity contribution in [1.29, 1.82) is 0 Å². The number of para-hydroxylation sites is 1. The smallest absolute Gasteiger partial charge is 0.341 e. The molecule has 0 bridgehead atoms. The summed E-state index contributed by atoms with van der Waals surface area (Å²) in [5, 5.41) is 9.65.